The first-order valence-corrected chi connectivity index (χ1v) is 8.61. The molecule has 0 bridgehead atoms. The zero-order valence-corrected chi connectivity index (χ0v) is 13.9. The number of piperidine rings is 1. The van der Waals surface area contributed by atoms with Crippen LogP contribution in [-0.4, -0.2) is 29.1 Å². The summed E-state index contributed by atoms with van der Waals surface area (Å²) in [4.78, 5) is 2.48. The molecule has 21 heavy (non-hydrogen) atoms. The average molecular weight is 289 g/mol. The van der Waals surface area contributed by atoms with Crippen LogP contribution in [-0.2, 0) is 6.42 Å². The Balaban J connectivity index is 1.94. The molecule has 1 fully saturated rings. The molecule has 0 amide bonds. The number of rotatable bonds is 6. The van der Waals surface area contributed by atoms with Crippen LogP contribution < -0.4 is 0 Å². The predicted molar refractivity (Wildman–Crippen MR) is 89.4 cm³/mol. The van der Waals surface area contributed by atoms with Crippen molar-refractivity contribution in [2.75, 3.05) is 13.1 Å². The second kappa shape index (κ2) is 7.95. The number of hydrogen-bond acceptors (Lipinski definition) is 2. The first-order chi connectivity index (χ1) is 10.1. The third kappa shape index (κ3) is 4.82. The molecule has 118 valence electrons. The molecular formula is C19H31NO. The van der Waals surface area contributed by atoms with Gasteiger partial charge in [0, 0.05) is 12.6 Å². The van der Waals surface area contributed by atoms with E-state index in [2.05, 4.69) is 49.9 Å². The second-order valence-corrected chi connectivity index (χ2v) is 6.91. The number of aliphatic hydroxyl groups excluding tert-OH is 1. The topological polar surface area (TPSA) is 23.5 Å². The summed E-state index contributed by atoms with van der Waals surface area (Å²) >= 11 is 0. The van der Waals surface area contributed by atoms with Crippen LogP contribution >= 0.6 is 0 Å². The van der Waals surface area contributed by atoms with Crippen molar-refractivity contribution >= 4 is 0 Å². The molecule has 1 aliphatic rings. The van der Waals surface area contributed by atoms with Crippen LogP contribution in [0.15, 0.2) is 24.3 Å². The fourth-order valence-electron chi connectivity index (χ4n) is 3.44. The summed E-state index contributed by atoms with van der Waals surface area (Å²) in [6, 6.07) is 9.21. The Morgan fingerprint density at radius 3 is 2.52 bits per heavy atom. The Morgan fingerprint density at radius 1 is 1.19 bits per heavy atom. The maximum atomic E-state index is 10.5. The largest absolute Gasteiger partial charge is 0.387 e. The highest BCUT2D eigenvalue weighted by atomic mass is 16.3. The Bertz CT molecular complexity index is 412. The molecule has 1 aromatic carbocycles. The van der Waals surface area contributed by atoms with E-state index in [0.29, 0.717) is 12.0 Å². The van der Waals surface area contributed by atoms with Gasteiger partial charge in [-0.25, -0.2) is 0 Å². The Hall–Kier alpha value is -0.860. The molecule has 0 aliphatic carbocycles. The van der Waals surface area contributed by atoms with E-state index < -0.39 is 0 Å². The average Bonchev–Trinajstić information content (AvgIpc) is 2.48. The van der Waals surface area contributed by atoms with Crippen molar-refractivity contribution in [3.05, 3.63) is 35.4 Å². The van der Waals surface area contributed by atoms with E-state index in [1.807, 2.05) is 0 Å². The monoisotopic (exact) mass is 289 g/mol. The van der Waals surface area contributed by atoms with E-state index in [0.717, 1.165) is 25.1 Å². The van der Waals surface area contributed by atoms with Crippen molar-refractivity contribution in [2.24, 2.45) is 5.92 Å². The minimum absolute atomic E-state index is 0.356. The fraction of sp³-hybridized carbons (Fsp3) is 0.684. The summed E-state index contributed by atoms with van der Waals surface area (Å²) in [6.45, 7) is 8.66. The standard InChI is InChI=1S/C19H31NO/c1-4-18-7-5-6-12-20(18)14-19(21)17-10-8-16(9-11-17)13-15(2)3/h8-11,15,18-19,21H,4-7,12-14H2,1-3H3. The third-order valence-corrected chi connectivity index (χ3v) is 4.64. The molecule has 1 saturated heterocycles. The van der Waals surface area contributed by atoms with Gasteiger partial charge in [-0.1, -0.05) is 51.5 Å². The Morgan fingerprint density at radius 2 is 1.90 bits per heavy atom. The van der Waals surface area contributed by atoms with Crippen LogP contribution in [0.2, 0.25) is 0 Å². The number of β-amino-alcohol motifs (C(OH)–C–C–N with tert-alkyl or cyclic N) is 1. The van der Waals surface area contributed by atoms with Gasteiger partial charge in [0.25, 0.3) is 0 Å². The molecule has 0 saturated carbocycles. The summed E-state index contributed by atoms with van der Waals surface area (Å²) in [7, 11) is 0. The molecular weight excluding hydrogens is 258 g/mol. The maximum absolute atomic E-state index is 10.5. The molecule has 1 aromatic rings. The zero-order chi connectivity index (χ0) is 15.2. The first kappa shape index (κ1) is 16.5. The smallest absolute Gasteiger partial charge is 0.0917 e. The van der Waals surface area contributed by atoms with Gasteiger partial charge in [-0.2, -0.15) is 0 Å². The summed E-state index contributed by atoms with van der Waals surface area (Å²) < 4.78 is 0. The van der Waals surface area contributed by atoms with Crippen molar-refractivity contribution < 1.29 is 5.11 Å². The predicted octanol–water partition coefficient (Wildman–Crippen LogP) is 4.18. The number of benzene rings is 1. The van der Waals surface area contributed by atoms with Gasteiger partial charge in [0.1, 0.15) is 0 Å². The van der Waals surface area contributed by atoms with Crippen LogP contribution in [0.3, 0.4) is 0 Å². The molecule has 2 heteroatoms. The van der Waals surface area contributed by atoms with Gasteiger partial charge < -0.3 is 5.11 Å². The first-order valence-electron chi connectivity index (χ1n) is 8.61. The van der Waals surface area contributed by atoms with Gasteiger partial charge in [0.15, 0.2) is 0 Å². The quantitative estimate of drug-likeness (QED) is 0.849. The summed E-state index contributed by atoms with van der Waals surface area (Å²) in [5.74, 6) is 0.680. The molecule has 0 radical (unpaired) electrons. The lowest BCUT2D eigenvalue weighted by molar-refractivity contribution is 0.0656. The number of likely N-dealkylation sites (tertiary alicyclic amines) is 1. The summed E-state index contributed by atoms with van der Waals surface area (Å²) in [6.07, 6.45) is 5.85. The maximum Gasteiger partial charge on any atom is 0.0917 e. The lowest BCUT2D eigenvalue weighted by Crippen LogP contribution is -2.41. The minimum Gasteiger partial charge on any atom is -0.387 e. The van der Waals surface area contributed by atoms with Crippen LogP contribution in [0, 0.1) is 5.92 Å². The molecule has 1 heterocycles. The highest BCUT2D eigenvalue weighted by Crippen LogP contribution is 2.23. The van der Waals surface area contributed by atoms with Crippen molar-refractivity contribution in [3.63, 3.8) is 0 Å². The van der Waals surface area contributed by atoms with E-state index in [1.165, 1.54) is 31.2 Å². The molecule has 0 spiro atoms. The van der Waals surface area contributed by atoms with Crippen LogP contribution in [0.4, 0.5) is 0 Å². The minimum atomic E-state index is -0.356. The Labute approximate surface area is 130 Å². The van der Waals surface area contributed by atoms with Gasteiger partial charge in [-0.15, -0.1) is 0 Å². The molecule has 2 atom stereocenters. The van der Waals surface area contributed by atoms with Crippen LogP contribution in [0.25, 0.3) is 0 Å². The van der Waals surface area contributed by atoms with Crippen molar-refractivity contribution in [1.29, 1.82) is 0 Å². The molecule has 1 N–H and O–H groups in total. The SMILES string of the molecule is CCC1CCCCN1CC(O)c1ccc(CC(C)C)cc1. The molecule has 2 nitrogen and oxygen atoms in total. The molecule has 2 rings (SSSR count). The highest BCUT2D eigenvalue weighted by Gasteiger charge is 2.23. The van der Waals surface area contributed by atoms with E-state index in [4.69, 9.17) is 0 Å². The van der Waals surface area contributed by atoms with Crippen molar-refractivity contribution in [3.8, 4) is 0 Å². The van der Waals surface area contributed by atoms with E-state index >= 15 is 0 Å². The van der Waals surface area contributed by atoms with Gasteiger partial charge in [-0.05, 0) is 49.3 Å². The van der Waals surface area contributed by atoms with E-state index in [9.17, 15) is 5.11 Å². The fourth-order valence-corrected chi connectivity index (χ4v) is 3.44. The third-order valence-electron chi connectivity index (χ3n) is 4.64. The summed E-state index contributed by atoms with van der Waals surface area (Å²) in [5, 5.41) is 10.5. The molecule has 0 aromatic heterocycles. The van der Waals surface area contributed by atoms with Gasteiger partial charge in [0.05, 0.1) is 6.10 Å². The highest BCUT2D eigenvalue weighted by molar-refractivity contribution is 5.24. The van der Waals surface area contributed by atoms with Gasteiger partial charge >= 0.3 is 0 Å². The second-order valence-electron chi connectivity index (χ2n) is 6.91. The number of nitrogens with zero attached hydrogens (tertiary/aromatic N) is 1. The van der Waals surface area contributed by atoms with Gasteiger partial charge in [0.2, 0.25) is 0 Å². The molecule has 2 unspecified atom stereocenters. The van der Waals surface area contributed by atoms with E-state index in [1.54, 1.807) is 0 Å². The molecule has 1 aliphatic heterocycles. The van der Waals surface area contributed by atoms with E-state index in [-0.39, 0.29) is 6.10 Å². The van der Waals surface area contributed by atoms with Crippen molar-refractivity contribution in [2.45, 2.75) is 65.0 Å². The zero-order valence-electron chi connectivity index (χ0n) is 13.9. The number of aliphatic hydroxyl groups is 1. The number of hydrogen-bond donors (Lipinski definition) is 1. The summed E-state index contributed by atoms with van der Waals surface area (Å²) in [5.41, 5.74) is 2.42. The van der Waals surface area contributed by atoms with Crippen LogP contribution in [0.1, 0.15) is 63.7 Å². The normalized spacial score (nSPS) is 21.7. The van der Waals surface area contributed by atoms with Gasteiger partial charge in [-0.3, -0.25) is 4.90 Å². The lowest BCUT2D eigenvalue weighted by Gasteiger charge is -2.36. The Kier molecular flexibility index (Phi) is 6.25. The van der Waals surface area contributed by atoms with Crippen molar-refractivity contribution in [1.82, 2.24) is 4.90 Å². The van der Waals surface area contributed by atoms with Crippen LogP contribution in [0.5, 0.6) is 0 Å². The lowest BCUT2D eigenvalue weighted by atomic mass is 9.97.